The number of nitrogens with zero attached hydrogens (tertiary/aromatic N) is 5. The van der Waals surface area contributed by atoms with E-state index in [9.17, 15) is 0 Å². The second-order valence-corrected chi connectivity index (χ2v) is 6.96. The van der Waals surface area contributed by atoms with E-state index < -0.39 is 0 Å². The summed E-state index contributed by atoms with van der Waals surface area (Å²) in [5.41, 5.74) is 1.85. The third-order valence-corrected chi connectivity index (χ3v) is 4.77. The van der Waals surface area contributed by atoms with Gasteiger partial charge in [0.05, 0.1) is 25.4 Å². The summed E-state index contributed by atoms with van der Waals surface area (Å²) in [6.07, 6.45) is 0. The Labute approximate surface area is 164 Å². The first kappa shape index (κ1) is 18.6. The molecule has 1 aliphatic rings. The van der Waals surface area contributed by atoms with Crippen molar-refractivity contribution in [2.75, 3.05) is 32.8 Å². The van der Waals surface area contributed by atoms with Crippen molar-refractivity contribution in [2.45, 2.75) is 26.9 Å². The third-order valence-electron chi connectivity index (χ3n) is 4.77. The van der Waals surface area contributed by atoms with E-state index in [0.29, 0.717) is 24.9 Å². The van der Waals surface area contributed by atoms with E-state index in [0.717, 1.165) is 55.5 Å². The highest BCUT2D eigenvalue weighted by atomic mass is 16.5. The Bertz CT molecular complexity index is 881. The molecular weight excluding hydrogens is 358 g/mol. The Morgan fingerprint density at radius 2 is 1.68 bits per heavy atom. The Hall–Kier alpha value is -2.71. The molecule has 0 unspecified atom stereocenters. The molecule has 0 saturated carbocycles. The predicted molar refractivity (Wildman–Crippen MR) is 103 cm³/mol. The minimum Gasteiger partial charge on any atom is -0.494 e. The molecule has 1 aliphatic heterocycles. The minimum atomic E-state index is 0.609. The van der Waals surface area contributed by atoms with Crippen molar-refractivity contribution in [3.63, 3.8) is 0 Å². The molecule has 1 saturated heterocycles. The Kier molecular flexibility index (Phi) is 5.68. The van der Waals surface area contributed by atoms with Gasteiger partial charge in [-0.25, -0.2) is 0 Å². The van der Waals surface area contributed by atoms with Crippen LogP contribution >= 0.6 is 0 Å². The van der Waals surface area contributed by atoms with E-state index in [1.807, 2.05) is 44.2 Å². The lowest BCUT2D eigenvalue weighted by atomic mass is 10.2. The molecule has 2 aromatic heterocycles. The van der Waals surface area contributed by atoms with Crippen molar-refractivity contribution in [1.82, 2.24) is 25.1 Å². The fraction of sp³-hybridized carbons (Fsp3) is 0.450. The fourth-order valence-electron chi connectivity index (χ4n) is 3.31. The van der Waals surface area contributed by atoms with Crippen LogP contribution in [0.25, 0.3) is 11.4 Å². The first-order valence-electron chi connectivity index (χ1n) is 9.62. The van der Waals surface area contributed by atoms with E-state index in [4.69, 9.17) is 13.8 Å². The van der Waals surface area contributed by atoms with Crippen molar-refractivity contribution in [2.24, 2.45) is 0 Å². The maximum Gasteiger partial charge on any atom is 0.241 e. The number of hydrogen-bond acceptors (Lipinski definition) is 8. The number of aromatic nitrogens is 3. The van der Waals surface area contributed by atoms with Crippen LogP contribution in [0.3, 0.4) is 0 Å². The number of hydrogen-bond donors (Lipinski definition) is 0. The molecule has 8 nitrogen and oxygen atoms in total. The zero-order valence-corrected chi connectivity index (χ0v) is 16.3. The molecule has 1 fully saturated rings. The van der Waals surface area contributed by atoms with Gasteiger partial charge in [0.2, 0.25) is 11.7 Å². The SMILES string of the molecule is CCOc1ccc(-c2noc(CN3CCN(Cc4cc(C)no4)CC3)n2)cc1. The maximum atomic E-state index is 5.47. The molecule has 0 N–H and O–H groups in total. The molecule has 0 atom stereocenters. The molecule has 0 radical (unpaired) electrons. The van der Waals surface area contributed by atoms with E-state index in [2.05, 4.69) is 25.1 Å². The number of benzene rings is 1. The van der Waals surface area contributed by atoms with Gasteiger partial charge in [-0.1, -0.05) is 10.3 Å². The highest BCUT2D eigenvalue weighted by molar-refractivity contribution is 5.55. The van der Waals surface area contributed by atoms with E-state index >= 15 is 0 Å². The van der Waals surface area contributed by atoms with Crippen molar-refractivity contribution in [3.05, 3.63) is 47.7 Å². The molecule has 0 spiro atoms. The standard InChI is InChI=1S/C20H25N5O3/c1-3-26-17-6-4-16(5-7-17)20-21-19(28-23-20)14-25-10-8-24(9-11-25)13-18-12-15(2)22-27-18/h4-7,12H,3,8-11,13-14H2,1-2H3. The fourth-order valence-corrected chi connectivity index (χ4v) is 3.31. The molecule has 8 heteroatoms. The van der Waals surface area contributed by atoms with E-state index in [1.54, 1.807) is 0 Å². The summed E-state index contributed by atoms with van der Waals surface area (Å²) < 4.78 is 16.2. The van der Waals surface area contributed by atoms with Crippen LogP contribution in [0.5, 0.6) is 5.75 Å². The largest absolute Gasteiger partial charge is 0.494 e. The third kappa shape index (κ3) is 4.58. The van der Waals surface area contributed by atoms with Gasteiger partial charge < -0.3 is 13.8 Å². The van der Waals surface area contributed by atoms with Gasteiger partial charge in [0.25, 0.3) is 0 Å². The number of aryl methyl sites for hydroxylation is 1. The summed E-state index contributed by atoms with van der Waals surface area (Å²) in [5, 5.41) is 8.06. The van der Waals surface area contributed by atoms with Gasteiger partial charge >= 0.3 is 0 Å². The monoisotopic (exact) mass is 383 g/mol. The lowest BCUT2D eigenvalue weighted by Crippen LogP contribution is -2.45. The van der Waals surface area contributed by atoms with Gasteiger partial charge in [0, 0.05) is 37.8 Å². The van der Waals surface area contributed by atoms with Crippen LogP contribution < -0.4 is 4.74 Å². The quantitative estimate of drug-likeness (QED) is 0.616. The predicted octanol–water partition coefficient (Wildman–Crippen LogP) is 2.75. The van der Waals surface area contributed by atoms with Crippen LogP contribution in [0.1, 0.15) is 24.3 Å². The van der Waals surface area contributed by atoms with Crippen LogP contribution in [-0.2, 0) is 13.1 Å². The summed E-state index contributed by atoms with van der Waals surface area (Å²) in [4.78, 5) is 9.24. The second-order valence-electron chi connectivity index (χ2n) is 6.96. The van der Waals surface area contributed by atoms with Gasteiger partial charge in [0.1, 0.15) is 5.75 Å². The molecule has 3 heterocycles. The number of rotatable bonds is 7. The van der Waals surface area contributed by atoms with Crippen molar-refractivity contribution in [1.29, 1.82) is 0 Å². The summed E-state index contributed by atoms with van der Waals surface area (Å²) >= 11 is 0. The highest BCUT2D eigenvalue weighted by Gasteiger charge is 2.20. The average molecular weight is 383 g/mol. The molecule has 0 aliphatic carbocycles. The van der Waals surface area contributed by atoms with E-state index in [1.165, 1.54) is 0 Å². The molecule has 0 bridgehead atoms. The Morgan fingerprint density at radius 3 is 2.32 bits per heavy atom. The smallest absolute Gasteiger partial charge is 0.241 e. The van der Waals surface area contributed by atoms with Gasteiger partial charge in [-0.2, -0.15) is 4.98 Å². The van der Waals surface area contributed by atoms with Crippen molar-refractivity contribution >= 4 is 0 Å². The Balaban J connectivity index is 1.28. The van der Waals surface area contributed by atoms with Gasteiger partial charge in [-0.3, -0.25) is 9.80 Å². The molecule has 148 valence electrons. The molecular formula is C20H25N5O3. The average Bonchev–Trinajstić information content (AvgIpc) is 3.33. The van der Waals surface area contributed by atoms with Gasteiger partial charge in [-0.05, 0) is 38.1 Å². The summed E-state index contributed by atoms with van der Waals surface area (Å²) in [6, 6.07) is 9.73. The van der Waals surface area contributed by atoms with E-state index in [-0.39, 0.29) is 0 Å². The van der Waals surface area contributed by atoms with Gasteiger partial charge in [-0.15, -0.1) is 0 Å². The van der Waals surface area contributed by atoms with Crippen LogP contribution in [0.2, 0.25) is 0 Å². The lowest BCUT2D eigenvalue weighted by Gasteiger charge is -2.33. The summed E-state index contributed by atoms with van der Waals surface area (Å²) in [6.45, 7) is 9.87. The van der Waals surface area contributed by atoms with Crippen LogP contribution in [0, 0.1) is 6.92 Å². The van der Waals surface area contributed by atoms with Gasteiger partial charge in [0.15, 0.2) is 5.76 Å². The maximum absolute atomic E-state index is 5.47. The summed E-state index contributed by atoms with van der Waals surface area (Å²) in [7, 11) is 0. The van der Waals surface area contributed by atoms with Crippen LogP contribution in [0.4, 0.5) is 0 Å². The topological polar surface area (TPSA) is 80.7 Å². The highest BCUT2D eigenvalue weighted by Crippen LogP contribution is 2.20. The first-order valence-corrected chi connectivity index (χ1v) is 9.62. The second kappa shape index (κ2) is 8.53. The molecule has 4 rings (SSSR count). The van der Waals surface area contributed by atoms with Crippen molar-refractivity contribution < 1.29 is 13.8 Å². The Morgan fingerprint density at radius 1 is 0.964 bits per heavy atom. The molecule has 0 amide bonds. The zero-order valence-electron chi connectivity index (χ0n) is 16.3. The zero-order chi connectivity index (χ0) is 19.3. The molecule has 28 heavy (non-hydrogen) atoms. The minimum absolute atomic E-state index is 0.609. The summed E-state index contributed by atoms with van der Waals surface area (Å²) in [5.74, 6) is 3.01. The van der Waals surface area contributed by atoms with Crippen LogP contribution in [0.15, 0.2) is 39.4 Å². The normalized spacial score (nSPS) is 15.8. The van der Waals surface area contributed by atoms with Crippen LogP contribution in [-0.4, -0.2) is 57.9 Å². The van der Waals surface area contributed by atoms with Crippen molar-refractivity contribution in [3.8, 4) is 17.1 Å². The number of ether oxygens (including phenoxy) is 1. The lowest BCUT2D eigenvalue weighted by molar-refractivity contribution is 0.105. The number of piperazine rings is 1. The first-order chi connectivity index (χ1) is 13.7. The molecule has 3 aromatic rings. The molecule has 1 aromatic carbocycles.